The van der Waals surface area contributed by atoms with E-state index in [0.29, 0.717) is 6.54 Å². The van der Waals surface area contributed by atoms with Crippen molar-refractivity contribution in [3.8, 4) is 11.1 Å². The third kappa shape index (κ3) is 4.21. The smallest absolute Gasteiger partial charge is 0.0994 e. The first-order chi connectivity index (χ1) is 11.0. The Bertz CT molecular complexity index is 631. The van der Waals surface area contributed by atoms with Crippen LogP contribution in [-0.4, -0.2) is 42.9 Å². The summed E-state index contributed by atoms with van der Waals surface area (Å²) in [6.45, 7) is 5.78. The molecule has 1 heterocycles. The Morgan fingerprint density at radius 1 is 1.00 bits per heavy atom. The molecule has 3 nitrogen and oxygen atoms in total. The fraction of sp³-hybridized carbons (Fsp3) is 0.368. The number of halogens is 1. The van der Waals surface area contributed by atoms with Gasteiger partial charge in [0, 0.05) is 24.1 Å². The lowest BCUT2D eigenvalue weighted by molar-refractivity contribution is -0.0253. The van der Waals surface area contributed by atoms with Gasteiger partial charge in [0.15, 0.2) is 0 Å². The standard InChI is InChI=1S/C19H22BrNO2/c1-19(22,14-21-10-12-23-13-11-21)17-6-2-15(3-7-17)16-4-8-18(20)9-5-16/h2-9,22H,10-14H2,1H3. The molecule has 1 aliphatic rings. The second kappa shape index (κ2) is 7.14. The molecular formula is C19H22BrNO2. The largest absolute Gasteiger partial charge is 0.384 e. The summed E-state index contributed by atoms with van der Waals surface area (Å²) in [7, 11) is 0. The van der Waals surface area contributed by atoms with Gasteiger partial charge in [-0.15, -0.1) is 0 Å². The molecule has 1 atom stereocenters. The fourth-order valence-electron chi connectivity index (χ4n) is 2.95. The average Bonchev–Trinajstić information content (AvgIpc) is 2.56. The van der Waals surface area contributed by atoms with Crippen LogP contribution in [0.3, 0.4) is 0 Å². The molecule has 1 unspecified atom stereocenters. The second-order valence-electron chi connectivity index (χ2n) is 6.25. The van der Waals surface area contributed by atoms with Crippen molar-refractivity contribution >= 4 is 15.9 Å². The maximum absolute atomic E-state index is 10.8. The Hall–Kier alpha value is -1.20. The molecule has 23 heavy (non-hydrogen) atoms. The van der Waals surface area contributed by atoms with Crippen molar-refractivity contribution in [2.24, 2.45) is 0 Å². The monoisotopic (exact) mass is 375 g/mol. The zero-order valence-corrected chi connectivity index (χ0v) is 14.9. The topological polar surface area (TPSA) is 32.7 Å². The molecule has 4 heteroatoms. The molecule has 2 aromatic rings. The summed E-state index contributed by atoms with van der Waals surface area (Å²) < 4.78 is 6.44. The number of morpholine rings is 1. The highest BCUT2D eigenvalue weighted by atomic mass is 79.9. The SMILES string of the molecule is CC(O)(CN1CCOCC1)c1ccc(-c2ccc(Br)cc2)cc1. The third-order valence-corrected chi connectivity index (χ3v) is 4.85. The zero-order valence-electron chi connectivity index (χ0n) is 13.3. The Labute approximate surface area is 146 Å². The Kier molecular flexibility index (Phi) is 5.17. The van der Waals surface area contributed by atoms with Gasteiger partial charge in [0.1, 0.15) is 0 Å². The minimum absolute atomic E-state index is 0.633. The van der Waals surface area contributed by atoms with Crippen LogP contribution in [0.15, 0.2) is 53.0 Å². The maximum atomic E-state index is 10.8. The summed E-state index contributed by atoms with van der Waals surface area (Å²) >= 11 is 3.46. The first-order valence-electron chi connectivity index (χ1n) is 7.93. The highest BCUT2D eigenvalue weighted by molar-refractivity contribution is 9.10. The van der Waals surface area contributed by atoms with Gasteiger partial charge in [-0.05, 0) is 35.7 Å². The number of aliphatic hydroxyl groups is 1. The van der Waals surface area contributed by atoms with Crippen molar-refractivity contribution < 1.29 is 9.84 Å². The normalized spacial score (nSPS) is 18.6. The minimum Gasteiger partial charge on any atom is -0.384 e. The van der Waals surface area contributed by atoms with Crippen molar-refractivity contribution in [1.29, 1.82) is 0 Å². The molecular weight excluding hydrogens is 354 g/mol. The van der Waals surface area contributed by atoms with Crippen LogP contribution in [0.4, 0.5) is 0 Å². The molecule has 3 rings (SSSR count). The molecule has 1 fully saturated rings. The number of rotatable bonds is 4. The third-order valence-electron chi connectivity index (χ3n) is 4.32. The van der Waals surface area contributed by atoms with Gasteiger partial charge in [-0.25, -0.2) is 0 Å². The summed E-state index contributed by atoms with van der Waals surface area (Å²) in [6.07, 6.45) is 0. The van der Waals surface area contributed by atoms with Crippen molar-refractivity contribution in [1.82, 2.24) is 4.90 Å². The van der Waals surface area contributed by atoms with Crippen LogP contribution < -0.4 is 0 Å². The lowest BCUT2D eigenvalue weighted by Gasteiger charge is -2.34. The van der Waals surface area contributed by atoms with Gasteiger partial charge in [-0.1, -0.05) is 52.3 Å². The number of hydrogen-bond acceptors (Lipinski definition) is 3. The van der Waals surface area contributed by atoms with Gasteiger partial charge in [0.05, 0.1) is 18.8 Å². The van der Waals surface area contributed by atoms with E-state index in [0.717, 1.165) is 41.9 Å². The number of nitrogens with zero attached hydrogens (tertiary/aromatic N) is 1. The molecule has 0 radical (unpaired) electrons. The molecule has 0 amide bonds. The van der Waals surface area contributed by atoms with Crippen molar-refractivity contribution in [2.75, 3.05) is 32.8 Å². The van der Waals surface area contributed by atoms with Crippen LogP contribution in [0.5, 0.6) is 0 Å². The zero-order chi connectivity index (χ0) is 16.3. The fourth-order valence-corrected chi connectivity index (χ4v) is 3.21. The van der Waals surface area contributed by atoms with E-state index in [2.05, 4.69) is 45.1 Å². The molecule has 0 aromatic heterocycles. The lowest BCUT2D eigenvalue weighted by atomic mass is 9.93. The first kappa shape index (κ1) is 16.7. The first-order valence-corrected chi connectivity index (χ1v) is 8.73. The second-order valence-corrected chi connectivity index (χ2v) is 7.16. The summed E-state index contributed by atoms with van der Waals surface area (Å²) in [4.78, 5) is 2.26. The van der Waals surface area contributed by atoms with E-state index in [1.165, 1.54) is 5.56 Å². The van der Waals surface area contributed by atoms with E-state index in [1.54, 1.807) is 0 Å². The molecule has 0 spiro atoms. The quantitative estimate of drug-likeness (QED) is 0.884. The van der Waals surface area contributed by atoms with E-state index in [4.69, 9.17) is 4.74 Å². The molecule has 0 bridgehead atoms. The van der Waals surface area contributed by atoms with E-state index >= 15 is 0 Å². The molecule has 1 saturated heterocycles. The van der Waals surface area contributed by atoms with Crippen molar-refractivity contribution in [3.63, 3.8) is 0 Å². The highest BCUT2D eigenvalue weighted by Crippen LogP contribution is 2.27. The lowest BCUT2D eigenvalue weighted by Crippen LogP contribution is -2.44. The summed E-state index contributed by atoms with van der Waals surface area (Å²) in [5.41, 5.74) is 2.43. The van der Waals surface area contributed by atoms with Crippen LogP contribution in [0.2, 0.25) is 0 Å². The van der Waals surface area contributed by atoms with E-state index in [1.807, 2.05) is 31.2 Å². The van der Waals surface area contributed by atoms with Crippen LogP contribution in [0.1, 0.15) is 12.5 Å². The van der Waals surface area contributed by atoms with Gasteiger partial charge in [0.2, 0.25) is 0 Å². The van der Waals surface area contributed by atoms with Gasteiger partial charge in [-0.2, -0.15) is 0 Å². The Morgan fingerprint density at radius 2 is 1.52 bits per heavy atom. The molecule has 1 aliphatic heterocycles. The number of ether oxygens (including phenoxy) is 1. The molecule has 122 valence electrons. The highest BCUT2D eigenvalue weighted by Gasteiger charge is 2.27. The summed E-state index contributed by atoms with van der Waals surface area (Å²) in [5.74, 6) is 0. The van der Waals surface area contributed by atoms with Crippen LogP contribution in [0, 0.1) is 0 Å². The Balaban J connectivity index is 1.73. The van der Waals surface area contributed by atoms with Crippen molar-refractivity contribution in [3.05, 3.63) is 58.6 Å². The predicted octanol–water partition coefficient (Wildman–Crippen LogP) is 3.66. The van der Waals surface area contributed by atoms with Gasteiger partial charge in [0.25, 0.3) is 0 Å². The average molecular weight is 376 g/mol. The number of benzene rings is 2. The van der Waals surface area contributed by atoms with Crippen LogP contribution in [-0.2, 0) is 10.3 Å². The van der Waals surface area contributed by atoms with Crippen LogP contribution >= 0.6 is 15.9 Å². The van der Waals surface area contributed by atoms with Crippen molar-refractivity contribution in [2.45, 2.75) is 12.5 Å². The summed E-state index contributed by atoms with van der Waals surface area (Å²) in [5, 5.41) is 10.8. The summed E-state index contributed by atoms with van der Waals surface area (Å²) in [6, 6.07) is 16.5. The predicted molar refractivity (Wildman–Crippen MR) is 96.4 cm³/mol. The van der Waals surface area contributed by atoms with Gasteiger partial charge in [-0.3, -0.25) is 4.90 Å². The molecule has 2 aromatic carbocycles. The van der Waals surface area contributed by atoms with E-state index in [9.17, 15) is 5.11 Å². The molecule has 0 aliphatic carbocycles. The molecule has 0 saturated carbocycles. The maximum Gasteiger partial charge on any atom is 0.0994 e. The number of β-amino-alcohol motifs (C(OH)–C–C–N with tert-alkyl or cyclic N) is 1. The van der Waals surface area contributed by atoms with Gasteiger partial charge >= 0.3 is 0 Å². The van der Waals surface area contributed by atoms with E-state index < -0.39 is 5.60 Å². The van der Waals surface area contributed by atoms with Crippen LogP contribution in [0.25, 0.3) is 11.1 Å². The van der Waals surface area contributed by atoms with Gasteiger partial charge < -0.3 is 9.84 Å². The molecule has 1 N–H and O–H groups in total. The minimum atomic E-state index is -0.852. The number of hydrogen-bond donors (Lipinski definition) is 1. The Morgan fingerprint density at radius 3 is 2.09 bits per heavy atom. The van der Waals surface area contributed by atoms with E-state index in [-0.39, 0.29) is 0 Å².